The molecule has 3 rings (SSSR count). The highest BCUT2D eigenvalue weighted by atomic mass is 32.1. The zero-order valence-corrected chi connectivity index (χ0v) is 14.0. The Bertz CT molecular complexity index is 843. The summed E-state index contributed by atoms with van der Waals surface area (Å²) in [6, 6.07) is 14.7. The number of ether oxygens (including phenoxy) is 1. The van der Waals surface area contributed by atoms with Gasteiger partial charge in [-0.15, -0.1) is 11.3 Å². The molecule has 0 bridgehead atoms. The van der Waals surface area contributed by atoms with Gasteiger partial charge in [-0.05, 0) is 17.7 Å². The van der Waals surface area contributed by atoms with Crippen LogP contribution in [-0.4, -0.2) is 23.0 Å². The number of ketones is 1. The first-order chi connectivity index (χ1) is 11.7. The number of Topliss-reactive ketones (excluding diaryl/α,β-unsaturated/α-hetero) is 1. The van der Waals surface area contributed by atoms with E-state index in [0.29, 0.717) is 11.3 Å². The molecule has 2 aromatic carbocycles. The molecule has 0 amide bonds. The van der Waals surface area contributed by atoms with Crippen molar-refractivity contribution in [1.29, 1.82) is 0 Å². The molecule has 0 radical (unpaired) electrons. The van der Waals surface area contributed by atoms with Gasteiger partial charge in [-0.1, -0.05) is 36.4 Å². The van der Waals surface area contributed by atoms with Crippen molar-refractivity contribution < 1.29 is 14.6 Å². The Morgan fingerprint density at radius 1 is 1.21 bits per heavy atom. The molecule has 0 spiro atoms. The van der Waals surface area contributed by atoms with Gasteiger partial charge in [0.05, 0.1) is 25.8 Å². The van der Waals surface area contributed by atoms with Crippen LogP contribution in [0.3, 0.4) is 0 Å². The summed E-state index contributed by atoms with van der Waals surface area (Å²) in [5.74, 6) is 0.715. The summed E-state index contributed by atoms with van der Waals surface area (Å²) in [6.07, 6.45) is 0.283. The van der Waals surface area contributed by atoms with Gasteiger partial charge in [-0.25, -0.2) is 4.98 Å². The average Bonchev–Trinajstić information content (AvgIpc) is 3.10. The molecule has 0 unspecified atom stereocenters. The van der Waals surface area contributed by atoms with Crippen LogP contribution in [0.2, 0.25) is 0 Å². The maximum atomic E-state index is 12.3. The minimum atomic E-state index is -0.0372. The number of methoxy groups -OCH3 is 1. The van der Waals surface area contributed by atoms with Crippen molar-refractivity contribution in [1.82, 2.24) is 4.98 Å². The van der Waals surface area contributed by atoms with Gasteiger partial charge in [0.2, 0.25) is 0 Å². The number of carbonyl (C=O) groups is 1. The van der Waals surface area contributed by atoms with E-state index in [1.165, 1.54) is 11.3 Å². The summed E-state index contributed by atoms with van der Waals surface area (Å²) in [5.41, 5.74) is 3.10. The van der Waals surface area contributed by atoms with Gasteiger partial charge in [0.15, 0.2) is 5.78 Å². The van der Waals surface area contributed by atoms with Gasteiger partial charge < -0.3 is 9.84 Å². The standard InChI is InChI=1S/C19H17NO3S/c1-23-18-9-13(11-21)7-8-15(18)16-12-24-19(20-16)10-17(22)14-5-3-2-4-6-14/h2-9,12,21H,10-11H2,1H3. The Kier molecular flexibility index (Phi) is 5.03. The summed E-state index contributed by atoms with van der Waals surface area (Å²) < 4.78 is 5.39. The normalized spacial score (nSPS) is 10.6. The predicted octanol–water partition coefficient (Wildman–Crippen LogP) is 3.74. The number of aromatic nitrogens is 1. The molecule has 0 atom stereocenters. The number of aliphatic hydroxyl groups is 1. The zero-order chi connectivity index (χ0) is 16.9. The van der Waals surface area contributed by atoms with E-state index < -0.39 is 0 Å². The van der Waals surface area contributed by atoms with Crippen LogP contribution in [0.1, 0.15) is 20.9 Å². The van der Waals surface area contributed by atoms with Gasteiger partial charge in [0.25, 0.3) is 0 Å². The highest BCUT2D eigenvalue weighted by Gasteiger charge is 2.13. The molecular weight excluding hydrogens is 322 g/mol. The van der Waals surface area contributed by atoms with Crippen LogP contribution in [0.15, 0.2) is 53.9 Å². The Labute approximate surface area is 144 Å². The smallest absolute Gasteiger partial charge is 0.169 e. The number of nitrogens with zero attached hydrogens (tertiary/aromatic N) is 1. The number of aliphatic hydroxyl groups excluding tert-OH is 1. The minimum Gasteiger partial charge on any atom is -0.496 e. The fourth-order valence-electron chi connectivity index (χ4n) is 2.42. The molecule has 0 aliphatic carbocycles. The molecule has 0 aliphatic heterocycles. The number of rotatable bonds is 6. The predicted molar refractivity (Wildman–Crippen MR) is 94.5 cm³/mol. The Morgan fingerprint density at radius 3 is 2.71 bits per heavy atom. The first-order valence-corrected chi connectivity index (χ1v) is 8.40. The molecule has 0 aliphatic rings. The molecule has 24 heavy (non-hydrogen) atoms. The summed E-state index contributed by atoms with van der Waals surface area (Å²) in [7, 11) is 1.59. The maximum absolute atomic E-state index is 12.3. The fraction of sp³-hybridized carbons (Fsp3) is 0.158. The lowest BCUT2D eigenvalue weighted by molar-refractivity contribution is 0.0993. The zero-order valence-electron chi connectivity index (χ0n) is 13.2. The monoisotopic (exact) mass is 339 g/mol. The second-order valence-electron chi connectivity index (χ2n) is 5.29. The van der Waals surface area contributed by atoms with Crippen LogP contribution < -0.4 is 4.74 Å². The van der Waals surface area contributed by atoms with Crippen LogP contribution in [0.25, 0.3) is 11.3 Å². The van der Waals surface area contributed by atoms with Crippen molar-refractivity contribution in [2.45, 2.75) is 13.0 Å². The Balaban J connectivity index is 1.82. The molecule has 1 N–H and O–H groups in total. The molecule has 0 saturated carbocycles. The van der Waals surface area contributed by atoms with Gasteiger partial charge in [0, 0.05) is 16.5 Å². The molecule has 0 fully saturated rings. The minimum absolute atomic E-state index is 0.0372. The van der Waals surface area contributed by atoms with Gasteiger partial charge in [-0.3, -0.25) is 4.79 Å². The SMILES string of the molecule is COc1cc(CO)ccc1-c1csc(CC(=O)c2ccccc2)n1. The quantitative estimate of drug-likeness (QED) is 0.695. The van der Waals surface area contributed by atoms with E-state index in [0.717, 1.165) is 21.8 Å². The van der Waals surface area contributed by atoms with Crippen molar-refractivity contribution in [2.24, 2.45) is 0 Å². The molecule has 4 nitrogen and oxygen atoms in total. The lowest BCUT2D eigenvalue weighted by atomic mass is 10.1. The number of benzene rings is 2. The first kappa shape index (κ1) is 16.4. The second-order valence-corrected chi connectivity index (χ2v) is 6.23. The van der Waals surface area contributed by atoms with Crippen molar-refractivity contribution in [3.8, 4) is 17.0 Å². The van der Waals surface area contributed by atoms with E-state index in [1.807, 2.05) is 47.8 Å². The molecular formula is C19H17NO3S. The van der Waals surface area contributed by atoms with E-state index in [2.05, 4.69) is 4.98 Å². The highest BCUT2D eigenvalue weighted by Crippen LogP contribution is 2.32. The van der Waals surface area contributed by atoms with Gasteiger partial charge in [0.1, 0.15) is 10.8 Å². The molecule has 3 aromatic rings. The molecule has 0 saturated heterocycles. The number of thiazole rings is 1. The third-order valence-electron chi connectivity index (χ3n) is 3.68. The lowest BCUT2D eigenvalue weighted by Gasteiger charge is -2.07. The molecule has 5 heteroatoms. The van der Waals surface area contributed by atoms with E-state index in [9.17, 15) is 9.90 Å². The maximum Gasteiger partial charge on any atom is 0.169 e. The first-order valence-electron chi connectivity index (χ1n) is 7.52. The van der Waals surface area contributed by atoms with Crippen LogP contribution in [0.4, 0.5) is 0 Å². The molecule has 1 heterocycles. The number of hydrogen-bond acceptors (Lipinski definition) is 5. The summed E-state index contributed by atoms with van der Waals surface area (Å²) in [6.45, 7) is -0.0372. The van der Waals surface area contributed by atoms with E-state index >= 15 is 0 Å². The topological polar surface area (TPSA) is 59.4 Å². The van der Waals surface area contributed by atoms with Crippen LogP contribution in [0.5, 0.6) is 5.75 Å². The lowest BCUT2D eigenvalue weighted by Crippen LogP contribution is -2.02. The van der Waals surface area contributed by atoms with Crippen molar-refractivity contribution >= 4 is 17.1 Å². The van der Waals surface area contributed by atoms with Crippen LogP contribution >= 0.6 is 11.3 Å². The summed E-state index contributed by atoms with van der Waals surface area (Å²) in [5, 5.41) is 11.9. The van der Waals surface area contributed by atoms with Gasteiger partial charge >= 0.3 is 0 Å². The number of hydrogen-bond donors (Lipinski definition) is 1. The largest absolute Gasteiger partial charge is 0.496 e. The number of carbonyl (C=O) groups excluding carboxylic acids is 1. The Morgan fingerprint density at radius 2 is 2.00 bits per heavy atom. The van der Waals surface area contributed by atoms with Crippen molar-refractivity contribution in [3.63, 3.8) is 0 Å². The fourth-order valence-corrected chi connectivity index (χ4v) is 3.22. The molecule has 122 valence electrons. The van der Waals surface area contributed by atoms with E-state index in [1.54, 1.807) is 13.2 Å². The van der Waals surface area contributed by atoms with Crippen molar-refractivity contribution in [3.05, 3.63) is 70.0 Å². The highest BCUT2D eigenvalue weighted by molar-refractivity contribution is 7.10. The molecule has 1 aromatic heterocycles. The average molecular weight is 339 g/mol. The van der Waals surface area contributed by atoms with Crippen LogP contribution in [0, 0.1) is 0 Å². The van der Waals surface area contributed by atoms with Crippen LogP contribution in [-0.2, 0) is 13.0 Å². The van der Waals surface area contributed by atoms with Crippen molar-refractivity contribution in [2.75, 3.05) is 7.11 Å². The van der Waals surface area contributed by atoms with E-state index in [4.69, 9.17) is 4.74 Å². The Hall–Kier alpha value is -2.50. The third-order valence-corrected chi connectivity index (χ3v) is 4.53. The summed E-state index contributed by atoms with van der Waals surface area (Å²) in [4.78, 5) is 16.8. The third kappa shape index (κ3) is 3.53. The summed E-state index contributed by atoms with van der Waals surface area (Å²) >= 11 is 1.46. The van der Waals surface area contributed by atoms with E-state index in [-0.39, 0.29) is 18.8 Å². The van der Waals surface area contributed by atoms with Gasteiger partial charge in [-0.2, -0.15) is 0 Å². The second kappa shape index (κ2) is 7.38.